The number of aromatic carboxylic acids is 1. The van der Waals surface area contributed by atoms with E-state index in [4.69, 9.17) is 5.11 Å². The van der Waals surface area contributed by atoms with Gasteiger partial charge in [0.1, 0.15) is 10.7 Å². The summed E-state index contributed by atoms with van der Waals surface area (Å²) >= 11 is 3.12. The number of carboxylic acids is 1. The van der Waals surface area contributed by atoms with Gasteiger partial charge < -0.3 is 5.11 Å². The van der Waals surface area contributed by atoms with Gasteiger partial charge >= 0.3 is 5.97 Å². The van der Waals surface area contributed by atoms with E-state index < -0.39 is 16.0 Å². The summed E-state index contributed by atoms with van der Waals surface area (Å²) in [5, 5.41) is 15.3. The quantitative estimate of drug-likeness (QED) is 0.743. The predicted molar refractivity (Wildman–Crippen MR) is 79.9 cm³/mol. The standard InChI is InChI=1S/C12H12BrN3O4S/c1-2-7-6-14-15-11(7)16-21(19,20)10-5-8(12(17)18)3-4-9(10)13/h3-6H,2H2,1H3,(H,17,18)(H2,14,15,16). The molecule has 0 aliphatic carbocycles. The van der Waals surface area contributed by atoms with E-state index in [-0.39, 0.29) is 20.7 Å². The SMILES string of the molecule is CCc1cn[nH]c1NS(=O)(=O)c1cc(C(=O)O)ccc1Br. The molecule has 0 saturated heterocycles. The lowest BCUT2D eigenvalue weighted by atomic mass is 10.2. The average molecular weight is 374 g/mol. The smallest absolute Gasteiger partial charge is 0.335 e. The van der Waals surface area contributed by atoms with Crippen LogP contribution in [0.4, 0.5) is 5.82 Å². The molecule has 0 aliphatic rings. The summed E-state index contributed by atoms with van der Waals surface area (Å²) in [6.45, 7) is 1.86. The van der Waals surface area contributed by atoms with Gasteiger partial charge in [-0.05, 0) is 40.5 Å². The van der Waals surface area contributed by atoms with Crippen molar-refractivity contribution in [3.8, 4) is 0 Å². The summed E-state index contributed by atoms with van der Waals surface area (Å²) in [6, 6.07) is 3.79. The third-order valence-corrected chi connectivity index (χ3v) is 5.15. The van der Waals surface area contributed by atoms with E-state index in [0.29, 0.717) is 12.0 Å². The molecule has 1 heterocycles. The van der Waals surface area contributed by atoms with Crippen molar-refractivity contribution >= 4 is 37.7 Å². The number of carboxylic acid groups (broad SMARTS) is 1. The molecule has 1 aromatic carbocycles. The Bertz CT molecular complexity index is 786. The van der Waals surface area contributed by atoms with E-state index in [2.05, 4.69) is 30.8 Å². The average Bonchev–Trinajstić information content (AvgIpc) is 2.85. The maximum atomic E-state index is 12.4. The van der Waals surface area contributed by atoms with E-state index in [1.165, 1.54) is 18.3 Å². The van der Waals surface area contributed by atoms with Crippen LogP contribution in [-0.4, -0.2) is 29.7 Å². The number of H-pyrrole nitrogens is 1. The molecule has 0 fully saturated rings. The summed E-state index contributed by atoms with van der Waals surface area (Å²) < 4.78 is 27.4. The zero-order valence-electron chi connectivity index (χ0n) is 10.9. The summed E-state index contributed by atoms with van der Waals surface area (Å²) in [6.07, 6.45) is 2.13. The number of nitrogens with one attached hydrogen (secondary N) is 2. The summed E-state index contributed by atoms with van der Waals surface area (Å²) in [7, 11) is -3.93. The highest BCUT2D eigenvalue weighted by Crippen LogP contribution is 2.26. The van der Waals surface area contributed by atoms with Gasteiger partial charge in [-0.3, -0.25) is 9.82 Å². The van der Waals surface area contributed by atoms with Crippen molar-refractivity contribution in [1.29, 1.82) is 0 Å². The molecule has 0 spiro atoms. The van der Waals surface area contributed by atoms with E-state index >= 15 is 0 Å². The zero-order valence-corrected chi connectivity index (χ0v) is 13.3. The van der Waals surface area contributed by atoms with Crippen molar-refractivity contribution in [2.75, 3.05) is 4.72 Å². The molecule has 0 bridgehead atoms. The van der Waals surface area contributed by atoms with Crippen LogP contribution >= 0.6 is 15.9 Å². The van der Waals surface area contributed by atoms with Gasteiger partial charge in [-0.2, -0.15) is 5.10 Å². The Morgan fingerprint density at radius 2 is 2.19 bits per heavy atom. The minimum absolute atomic E-state index is 0.112. The molecular formula is C12H12BrN3O4S. The number of sulfonamides is 1. The Kier molecular flexibility index (Phi) is 4.33. The maximum Gasteiger partial charge on any atom is 0.335 e. The summed E-state index contributed by atoms with van der Waals surface area (Å²) in [4.78, 5) is 10.8. The number of anilines is 1. The molecule has 9 heteroatoms. The van der Waals surface area contributed by atoms with Crippen LogP contribution in [0.5, 0.6) is 0 Å². The second-order valence-corrected chi connectivity index (χ2v) is 6.68. The fraction of sp³-hybridized carbons (Fsp3) is 0.167. The van der Waals surface area contributed by atoms with Crippen molar-refractivity contribution in [2.24, 2.45) is 0 Å². The number of rotatable bonds is 5. The third-order valence-electron chi connectivity index (χ3n) is 2.80. The predicted octanol–water partition coefficient (Wildman–Crippen LogP) is 2.23. The summed E-state index contributed by atoms with van der Waals surface area (Å²) in [5.74, 6) is -0.931. The van der Waals surface area contributed by atoms with E-state index in [1.54, 1.807) is 0 Å². The Morgan fingerprint density at radius 3 is 2.81 bits per heavy atom. The van der Waals surface area contributed by atoms with E-state index in [1.807, 2.05) is 6.92 Å². The number of nitrogens with zero attached hydrogens (tertiary/aromatic N) is 1. The number of aromatic nitrogens is 2. The number of benzene rings is 1. The van der Waals surface area contributed by atoms with E-state index in [0.717, 1.165) is 6.07 Å². The van der Waals surface area contributed by atoms with Crippen LogP contribution in [0.1, 0.15) is 22.8 Å². The van der Waals surface area contributed by atoms with Crippen LogP contribution in [0.3, 0.4) is 0 Å². The highest BCUT2D eigenvalue weighted by Gasteiger charge is 2.21. The van der Waals surface area contributed by atoms with E-state index in [9.17, 15) is 13.2 Å². The third kappa shape index (κ3) is 3.24. The van der Waals surface area contributed by atoms with Gasteiger partial charge in [-0.1, -0.05) is 6.92 Å². The van der Waals surface area contributed by atoms with Gasteiger partial charge in [0.2, 0.25) is 0 Å². The van der Waals surface area contributed by atoms with Gasteiger partial charge in [-0.15, -0.1) is 0 Å². The van der Waals surface area contributed by atoms with Crippen molar-refractivity contribution in [2.45, 2.75) is 18.2 Å². The zero-order chi connectivity index (χ0) is 15.6. The lowest BCUT2D eigenvalue weighted by Gasteiger charge is -2.10. The molecule has 0 amide bonds. The van der Waals surface area contributed by atoms with Crippen molar-refractivity contribution < 1.29 is 18.3 Å². The first kappa shape index (κ1) is 15.5. The van der Waals surface area contributed by atoms with Crippen LogP contribution in [0.25, 0.3) is 0 Å². The summed E-state index contributed by atoms with van der Waals surface area (Å²) in [5.41, 5.74) is 0.600. The minimum atomic E-state index is -3.93. The van der Waals surface area contributed by atoms with Crippen molar-refractivity contribution in [1.82, 2.24) is 10.2 Å². The van der Waals surface area contributed by atoms with Crippen LogP contribution in [0, 0.1) is 0 Å². The molecule has 7 nitrogen and oxygen atoms in total. The largest absolute Gasteiger partial charge is 0.478 e. The molecule has 0 saturated carbocycles. The molecular weight excluding hydrogens is 362 g/mol. The fourth-order valence-electron chi connectivity index (χ4n) is 1.70. The topological polar surface area (TPSA) is 112 Å². The minimum Gasteiger partial charge on any atom is -0.478 e. The van der Waals surface area contributed by atoms with Gasteiger partial charge in [0.05, 0.1) is 11.8 Å². The second kappa shape index (κ2) is 5.86. The number of halogens is 1. The van der Waals surface area contributed by atoms with Crippen LogP contribution in [-0.2, 0) is 16.4 Å². The maximum absolute atomic E-state index is 12.4. The van der Waals surface area contributed by atoms with Crippen LogP contribution < -0.4 is 4.72 Å². The molecule has 0 radical (unpaired) electrons. The number of aryl methyl sites for hydroxylation is 1. The number of hydrogen-bond donors (Lipinski definition) is 3. The Labute approximate surface area is 129 Å². The fourth-order valence-corrected chi connectivity index (χ4v) is 3.75. The van der Waals surface area contributed by atoms with Crippen molar-refractivity contribution in [3.05, 3.63) is 40.0 Å². The van der Waals surface area contributed by atoms with Crippen LogP contribution in [0.15, 0.2) is 33.8 Å². The molecule has 0 unspecified atom stereocenters. The molecule has 112 valence electrons. The van der Waals surface area contributed by atoms with Gasteiger partial charge in [0.15, 0.2) is 0 Å². The number of carbonyl (C=O) groups is 1. The monoisotopic (exact) mass is 373 g/mol. The first-order valence-corrected chi connectivity index (χ1v) is 8.20. The molecule has 2 rings (SSSR count). The molecule has 21 heavy (non-hydrogen) atoms. The Balaban J connectivity index is 2.44. The van der Waals surface area contributed by atoms with Crippen LogP contribution in [0.2, 0.25) is 0 Å². The molecule has 3 N–H and O–H groups in total. The molecule has 0 aliphatic heterocycles. The highest BCUT2D eigenvalue weighted by atomic mass is 79.9. The Hall–Kier alpha value is -1.87. The van der Waals surface area contributed by atoms with Gasteiger partial charge in [-0.25, -0.2) is 13.2 Å². The van der Waals surface area contributed by atoms with Crippen molar-refractivity contribution in [3.63, 3.8) is 0 Å². The number of aromatic amines is 1. The van der Waals surface area contributed by atoms with Gasteiger partial charge in [0, 0.05) is 10.0 Å². The first-order chi connectivity index (χ1) is 9.85. The Morgan fingerprint density at radius 1 is 1.48 bits per heavy atom. The normalized spacial score (nSPS) is 11.3. The number of hydrogen-bond acceptors (Lipinski definition) is 4. The lowest BCUT2D eigenvalue weighted by Crippen LogP contribution is -2.15. The second-order valence-electron chi connectivity index (χ2n) is 4.18. The molecule has 1 aromatic heterocycles. The first-order valence-electron chi connectivity index (χ1n) is 5.93. The highest BCUT2D eigenvalue weighted by molar-refractivity contribution is 9.10. The molecule has 2 aromatic rings. The van der Waals surface area contributed by atoms with Gasteiger partial charge in [0.25, 0.3) is 10.0 Å². The lowest BCUT2D eigenvalue weighted by molar-refractivity contribution is 0.0696. The molecule has 0 atom stereocenters.